The summed E-state index contributed by atoms with van der Waals surface area (Å²) in [5.74, 6) is -1.49. The van der Waals surface area contributed by atoms with Gasteiger partial charge in [-0.05, 0) is 12.8 Å². The van der Waals surface area contributed by atoms with Gasteiger partial charge in [-0.3, -0.25) is 0 Å². The molecule has 78 valence electrons. The molecule has 1 saturated carbocycles. The number of anilines is 1. The monoisotopic (exact) mass is 202 g/mol. The number of hydrogen-bond acceptors (Lipinski definition) is 3. The summed E-state index contributed by atoms with van der Waals surface area (Å²) in [5, 5.41) is 3.54. The van der Waals surface area contributed by atoms with Gasteiger partial charge >= 0.3 is 0 Å². The van der Waals surface area contributed by atoms with Crippen molar-refractivity contribution in [3.8, 4) is 0 Å². The lowest BCUT2D eigenvalue weighted by Crippen LogP contribution is -2.23. The number of hydrogen-bond donors (Lipinski definition) is 1. The van der Waals surface area contributed by atoms with Gasteiger partial charge < -0.3 is 10.3 Å². The molecule has 5 heteroatoms. The van der Waals surface area contributed by atoms with Crippen LogP contribution < -0.4 is 5.73 Å². The lowest BCUT2D eigenvalue weighted by molar-refractivity contribution is -0.0398. The predicted molar refractivity (Wildman–Crippen MR) is 47.1 cm³/mol. The lowest BCUT2D eigenvalue weighted by atomic mass is 9.85. The van der Waals surface area contributed by atoms with E-state index in [1.165, 1.54) is 0 Å². The number of aromatic nitrogens is 1. The third kappa shape index (κ3) is 1.86. The molecule has 0 bridgehead atoms. The van der Waals surface area contributed by atoms with Crippen molar-refractivity contribution in [3.05, 3.63) is 11.8 Å². The van der Waals surface area contributed by atoms with E-state index in [1.54, 1.807) is 6.07 Å². The summed E-state index contributed by atoms with van der Waals surface area (Å²) in [6.45, 7) is 0. The zero-order valence-corrected chi connectivity index (χ0v) is 7.67. The summed E-state index contributed by atoms with van der Waals surface area (Å²) in [4.78, 5) is 0. The fourth-order valence-corrected chi connectivity index (χ4v) is 1.82. The molecule has 0 aromatic carbocycles. The van der Waals surface area contributed by atoms with Crippen molar-refractivity contribution in [1.82, 2.24) is 5.16 Å². The highest BCUT2D eigenvalue weighted by molar-refractivity contribution is 5.28. The van der Waals surface area contributed by atoms with Crippen molar-refractivity contribution in [2.45, 2.75) is 37.5 Å². The Labute approximate surface area is 80.3 Å². The second kappa shape index (κ2) is 3.22. The zero-order chi connectivity index (χ0) is 10.2. The fourth-order valence-electron chi connectivity index (χ4n) is 1.82. The van der Waals surface area contributed by atoms with Crippen LogP contribution in [-0.2, 0) is 0 Å². The highest BCUT2D eigenvalue weighted by Gasteiger charge is 2.36. The van der Waals surface area contributed by atoms with E-state index in [2.05, 4.69) is 5.16 Å². The average Bonchev–Trinajstić information content (AvgIpc) is 2.52. The molecule has 0 saturated heterocycles. The maximum atomic E-state index is 12.8. The number of rotatable bonds is 1. The fraction of sp³-hybridized carbons (Fsp3) is 0.667. The van der Waals surface area contributed by atoms with E-state index in [0.717, 1.165) is 0 Å². The molecule has 1 heterocycles. The van der Waals surface area contributed by atoms with E-state index < -0.39 is 5.92 Å². The summed E-state index contributed by atoms with van der Waals surface area (Å²) >= 11 is 0. The first-order valence-electron chi connectivity index (χ1n) is 4.67. The number of alkyl halides is 2. The first-order chi connectivity index (χ1) is 6.57. The largest absolute Gasteiger partial charge is 0.381 e. The number of nitrogen functional groups attached to an aromatic ring is 1. The second-order valence-electron chi connectivity index (χ2n) is 3.78. The predicted octanol–water partition coefficient (Wildman–Crippen LogP) is 2.55. The van der Waals surface area contributed by atoms with E-state index in [4.69, 9.17) is 10.3 Å². The zero-order valence-electron chi connectivity index (χ0n) is 7.67. The molecule has 2 rings (SSSR count). The van der Waals surface area contributed by atoms with Gasteiger partial charge in [0.2, 0.25) is 5.92 Å². The van der Waals surface area contributed by atoms with E-state index in [0.29, 0.717) is 24.4 Å². The Bertz CT molecular complexity index is 314. The lowest BCUT2D eigenvalue weighted by Gasteiger charge is -2.26. The van der Waals surface area contributed by atoms with Crippen LogP contribution >= 0.6 is 0 Å². The van der Waals surface area contributed by atoms with Crippen LogP contribution in [0.5, 0.6) is 0 Å². The van der Waals surface area contributed by atoms with Crippen LogP contribution in [0.2, 0.25) is 0 Å². The normalized spacial score (nSPS) is 22.4. The quantitative estimate of drug-likeness (QED) is 0.761. The summed E-state index contributed by atoms with van der Waals surface area (Å²) < 4.78 is 30.6. The van der Waals surface area contributed by atoms with Crippen LogP contribution in [0.15, 0.2) is 10.6 Å². The molecule has 2 N–H and O–H groups in total. The van der Waals surface area contributed by atoms with Gasteiger partial charge in [-0.1, -0.05) is 5.16 Å². The Morgan fingerprint density at radius 3 is 2.57 bits per heavy atom. The molecule has 1 fully saturated rings. The number of nitrogens with zero attached hydrogens (tertiary/aromatic N) is 1. The molecular weight excluding hydrogens is 190 g/mol. The van der Waals surface area contributed by atoms with Crippen molar-refractivity contribution < 1.29 is 13.3 Å². The van der Waals surface area contributed by atoms with Gasteiger partial charge in [0.1, 0.15) is 5.76 Å². The van der Waals surface area contributed by atoms with Crippen LogP contribution in [0.4, 0.5) is 14.6 Å². The van der Waals surface area contributed by atoms with Gasteiger partial charge in [-0.15, -0.1) is 0 Å². The van der Waals surface area contributed by atoms with Crippen LogP contribution in [0, 0.1) is 0 Å². The van der Waals surface area contributed by atoms with Gasteiger partial charge in [0.15, 0.2) is 5.82 Å². The molecule has 14 heavy (non-hydrogen) atoms. The minimum Gasteiger partial charge on any atom is -0.381 e. The van der Waals surface area contributed by atoms with Crippen LogP contribution in [0.25, 0.3) is 0 Å². The molecule has 3 nitrogen and oxygen atoms in total. The van der Waals surface area contributed by atoms with Gasteiger partial charge in [-0.25, -0.2) is 8.78 Å². The maximum absolute atomic E-state index is 12.8. The molecule has 0 radical (unpaired) electrons. The van der Waals surface area contributed by atoms with Crippen LogP contribution in [0.1, 0.15) is 37.4 Å². The molecule has 1 aromatic heterocycles. The van der Waals surface area contributed by atoms with E-state index in [9.17, 15) is 8.78 Å². The van der Waals surface area contributed by atoms with Crippen molar-refractivity contribution in [2.24, 2.45) is 0 Å². The minimum absolute atomic E-state index is 0.0550. The van der Waals surface area contributed by atoms with E-state index in [-0.39, 0.29) is 18.8 Å². The molecule has 1 aromatic rings. The van der Waals surface area contributed by atoms with Crippen molar-refractivity contribution in [1.29, 1.82) is 0 Å². The third-order valence-electron chi connectivity index (χ3n) is 2.67. The van der Waals surface area contributed by atoms with Gasteiger partial charge in [0, 0.05) is 24.8 Å². The summed E-state index contributed by atoms with van der Waals surface area (Å²) in [6, 6.07) is 1.62. The standard InChI is InChI=1S/C9H12F2N2O/c10-9(11)3-1-6(2-4-9)7-5-8(12)13-14-7/h5-6H,1-4H2,(H2,12,13). The van der Waals surface area contributed by atoms with Crippen molar-refractivity contribution >= 4 is 5.82 Å². The Kier molecular flexibility index (Phi) is 2.17. The van der Waals surface area contributed by atoms with Crippen LogP contribution in [-0.4, -0.2) is 11.1 Å². The van der Waals surface area contributed by atoms with E-state index in [1.807, 2.05) is 0 Å². The van der Waals surface area contributed by atoms with Crippen molar-refractivity contribution in [3.63, 3.8) is 0 Å². The van der Waals surface area contributed by atoms with Crippen LogP contribution in [0.3, 0.4) is 0 Å². The molecule has 0 atom stereocenters. The first-order valence-corrected chi connectivity index (χ1v) is 4.67. The third-order valence-corrected chi connectivity index (χ3v) is 2.67. The average molecular weight is 202 g/mol. The van der Waals surface area contributed by atoms with Crippen molar-refractivity contribution in [2.75, 3.05) is 5.73 Å². The summed E-state index contributed by atoms with van der Waals surface area (Å²) in [7, 11) is 0. The number of halogens is 2. The Balaban J connectivity index is 2.02. The summed E-state index contributed by atoms with van der Waals surface area (Å²) in [5.41, 5.74) is 5.39. The first kappa shape index (κ1) is 9.43. The minimum atomic E-state index is -2.50. The molecule has 0 unspecified atom stereocenters. The molecular formula is C9H12F2N2O. The smallest absolute Gasteiger partial charge is 0.248 e. The molecule has 0 aliphatic heterocycles. The molecule has 0 amide bonds. The Morgan fingerprint density at radius 2 is 2.07 bits per heavy atom. The number of nitrogens with two attached hydrogens (primary N) is 1. The maximum Gasteiger partial charge on any atom is 0.248 e. The highest BCUT2D eigenvalue weighted by Crippen LogP contribution is 2.40. The highest BCUT2D eigenvalue weighted by atomic mass is 19.3. The SMILES string of the molecule is Nc1cc(C2CCC(F)(F)CC2)on1. The Hall–Kier alpha value is -1.13. The topological polar surface area (TPSA) is 52.0 Å². The second-order valence-corrected chi connectivity index (χ2v) is 3.78. The Morgan fingerprint density at radius 1 is 1.43 bits per heavy atom. The van der Waals surface area contributed by atoms with E-state index >= 15 is 0 Å². The molecule has 1 aliphatic carbocycles. The van der Waals surface area contributed by atoms with Gasteiger partial charge in [0.05, 0.1) is 0 Å². The summed E-state index contributed by atoms with van der Waals surface area (Å²) in [6.07, 6.45) is 0.750. The van der Waals surface area contributed by atoms with Gasteiger partial charge in [0.25, 0.3) is 0 Å². The van der Waals surface area contributed by atoms with Gasteiger partial charge in [-0.2, -0.15) is 0 Å². The molecule has 1 aliphatic rings. The molecule has 0 spiro atoms.